The smallest absolute Gasteiger partial charge is 0.119 e. The van der Waals surface area contributed by atoms with Crippen molar-refractivity contribution < 1.29 is 9.57 Å². The van der Waals surface area contributed by atoms with Crippen molar-refractivity contribution in [2.75, 3.05) is 14.2 Å². The zero-order valence-electron chi connectivity index (χ0n) is 9.71. The van der Waals surface area contributed by atoms with E-state index in [0.717, 1.165) is 16.9 Å². The monoisotopic (exact) mass is 247 g/mol. The molecule has 0 saturated heterocycles. The molecule has 0 N–H and O–H groups in total. The Bertz CT molecular complexity index is 506. The highest BCUT2D eigenvalue weighted by molar-refractivity contribution is 7.13. The highest BCUT2D eigenvalue weighted by Crippen LogP contribution is 2.29. The van der Waals surface area contributed by atoms with Gasteiger partial charge >= 0.3 is 0 Å². The van der Waals surface area contributed by atoms with Gasteiger partial charge in [0.05, 0.1) is 13.3 Å². The lowest BCUT2D eigenvalue weighted by Gasteiger charge is -2.06. The standard InChI is InChI=1S/C13H13NO2S/c1-15-11-5-6-12(13-4-3-7-17-13)10(8-11)9-14-16-2/h3-9H,1-2H3/b14-9+. The fourth-order valence-corrected chi connectivity index (χ4v) is 2.31. The van der Waals surface area contributed by atoms with E-state index in [0.29, 0.717) is 0 Å². The van der Waals surface area contributed by atoms with Gasteiger partial charge in [0.2, 0.25) is 0 Å². The molecule has 3 nitrogen and oxygen atoms in total. The number of nitrogens with zero attached hydrogens (tertiary/aromatic N) is 1. The number of methoxy groups -OCH3 is 1. The minimum absolute atomic E-state index is 0.808. The Morgan fingerprint density at radius 2 is 2.12 bits per heavy atom. The maximum absolute atomic E-state index is 5.21. The lowest BCUT2D eigenvalue weighted by atomic mass is 10.1. The summed E-state index contributed by atoms with van der Waals surface area (Å²) in [7, 11) is 3.18. The summed E-state index contributed by atoms with van der Waals surface area (Å²) in [6, 6.07) is 10.0. The van der Waals surface area contributed by atoms with Gasteiger partial charge < -0.3 is 9.57 Å². The van der Waals surface area contributed by atoms with E-state index in [4.69, 9.17) is 9.57 Å². The van der Waals surface area contributed by atoms with E-state index in [1.165, 1.54) is 12.0 Å². The van der Waals surface area contributed by atoms with Gasteiger partial charge in [0, 0.05) is 16.0 Å². The van der Waals surface area contributed by atoms with Crippen LogP contribution in [0.15, 0.2) is 40.9 Å². The van der Waals surface area contributed by atoms with E-state index >= 15 is 0 Å². The fraction of sp³-hybridized carbons (Fsp3) is 0.154. The van der Waals surface area contributed by atoms with Crippen LogP contribution in [-0.4, -0.2) is 20.4 Å². The first-order chi connectivity index (χ1) is 8.35. The molecule has 0 radical (unpaired) electrons. The predicted octanol–water partition coefficient (Wildman–Crippen LogP) is 3.40. The number of hydrogen-bond acceptors (Lipinski definition) is 4. The number of rotatable bonds is 4. The highest BCUT2D eigenvalue weighted by Gasteiger charge is 2.06. The molecule has 2 aromatic rings. The molecule has 1 aromatic carbocycles. The summed E-state index contributed by atoms with van der Waals surface area (Å²) >= 11 is 1.69. The molecule has 0 spiro atoms. The number of hydrogen-bond donors (Lipinski definition) is 0. The molecule has 88 valence electrons. The average Bonchev–Trinajstić information content (AvgIpc) is 2.89. The summed E-state index contributed by atoms with van der Waals surface area (Å²) in [5.41, 5.74) is 2.11. The third-order valence-corrected chi connectivity index (χ3v) is 3.25. The summed E-state index contributed by atoms with van der Waals surface area (Å²) in [6.45, 7) is 0. The molecule has 0 saturated carbocycles. The Balaban J connectivity index is 2.47. The molecule has 0 unspecified atom stereocenters. The lowest BCUT2D eigenvalue weighted by Crippen LogP contribution is -1.90. The second-order valence-corrected chi connectivity index (χ2v) is 4.30. The molecule has 0 aliphatic carbocycles. The van der Waals surface area contributed by atoms with Crippen molar-refractivity contribution in [3.05, 3.63) is 41.3 Å². The molecular weight excluding hydrogens is 234 g/mol. The van der Waals surface area contributed by atoms with Gasteiger partial charge in [-0.25, -0.2) is 0 Å². The first-order valence-electron chi connectivity index (χ1n) is 5.13. The first kappa shape index (κ1) is 11.7. The maximum atomic E-state index is 5.21. The molecular formula is C13H13NO2S. The van der Waals surface area contributed by atoms with Crippen molar-refractivity contribution in [3.63, 3.8) is 0 Å². The van der Waals surface area contributed by atoms with Gasteiger partial charge in [0.1, 0.15) is 12.9 Å². The van der Waals surface area contributed by atoms with Crippen LogP contribution in [0, 0.1) is 0 Å². The van der Waals surface area contributed by atoms with Crippen LogP contribution in [0.5, 0.6) is 5.75 Å². The second-order valence-electron chi connectivity index (χ2n) is 3.35. The molecule has 0 aliphatic heterocycles. The summed E-state index contributed by atoms with van der Waals surface area (Å²) in [4.78, 5) is 5.92. The van der Waals surface area contributed by atoms with Crippen molar-refractivity contribution in [2.45, 2.75) is 0 Å². The van der Waals surface area contributed by atoms with Gasteiger partial charge in [-0.05, 0) is 29.6 Å². The van der Waals surface area contributed by atoms with Gasteiger partial charge in [0.25, 0.3) is 0 Å². The van der Waals surface area contributed by atoms with Crippen molar-refractivity contribution >= 4 is 17.6 Å². The number of oxime groups is 1. The molecule has 4 heteroatoms. The number of ether oxygens (including phenoxy) is 1. The summed E-state index contributed by atoms with van der Waals surface area (Å²) in [5.74, 6) is 0.808. The maximum Gasteiger partial charge on any atom is 0.119 e. The van der Waals surface area contributed by atoms with Crippen molar-refractivity contribution in [2.24, 2.45) is 5.16 Å². The number of thiophene rings is 1. The molecule has 2 rings (SSSR count). The largest absolute Gasteiger partial charge is 0.497 e. The van der Waals surface area contributed by atoms with Gasteiger partial charge in [-0.15, -0.1) is 11.3 Å². The van der Waals surface area contributed by atoms with Crippen LogP contribution in [-0.2, 0) is 4.84 Å². The van der Waals surface area contributed by atoms with Crippen molar-refractivity contribution in [3.8, 4) is 16.2 Å². The Labute approximate surface area is 104 Å². The SMILES string of the molecule is CO/N=C/c1cc(OC)ccc1-c1cccs1. The van der Waals surface area contributed by atoms with Crippen LogP contribution in [0.4, 0.5) is 0 Å². The van der Waals surface area contributed by atoms with Crippen LogP contribution in [0.2, 0.25) is 0 Å². The number of benzene rings is 1. The average molecular weight is 247 g/mol. The third-order valence-electron chi connectivity index (χ3n) is 2.34. The predicted molar refractivity (Wildman–Crippen MR) is 70.9 cm³/mol. The Kier molecular flexibility index (Phi) is 3.77. The Morgan fingerprint density at radius 1 is 1.24 bits per heavy atom. The minimum atomic E-state index is 0.808. The van der Waals surface area contributed by atoms with E-state index in [1.807, 2.05) is 24.3 Å². The molecule has 0 bridgehead atoms. The summed E-state index contributed by atoms with van der Waals surface area (Å²) in [5, 5.41) is 5.86. The minimum Gasteiger partial charge on any atom is -0.497 e. The van der Waals surface area contributed by atoms with Gasteiger partial charge in [-0.3, -0.25) is 0 Å². The fourth-order valence-electron chi connectivity index (χ4n) is 1.54. The molecule has 0 atom stereocenters. The summed E-state index contributed by atoms with van der Waals surface area (Å²) < 4.78 is 5.21. The van der Waals surface area contributed by atoms with Crippen LogP contribution in [0.25, 0.3) is 10.4 Å². The van der Waals surface area contributed by atoms with Gasteiger partial charge in [-0.2, -0.15) is 0 Å². The lowest BCUT2D eigenvalue weighted by molar-refractivity contribution is 0.215. The van der Waals surface area contributed by atoms with E-state index in [-0.39, 0.29) is 0 Å². The quantitative estimate of drug-likeness (QED) is 0.612. The molecule has 1 aromatic heterocycles. The first-order valence-corrected chi connectivity index (χ1v) is 6.01. The van der Waals surface area contributed by atoms with E-state index in [2.05, 4.69) is 16.6 Å². The molecule has 0 aliphatic rings. The zero-order chi connectivity index (χ0) is 12.1. The second kappa shape index (κ2) is 5.50. The Morgan fingerprint density at radius 3 is 2.76 bits per heavy atom. The van der Waals surface area contributed by atoms with Gasteiger partial charge in [0.15, 0.2) is 0 Å². The van der Waals surface area contributed by atoms with Crippen molar-refractivity contribution in [1.29, 1.82) is 0 Å². The molecule has 0 fully saturated rings. The van der Waals surface area contributed by atoms with Crippen LogP contribution in [0.3, 0.4) is 0 Å². The third kappa shape index (κ3) is 2.65. The summed E-state index contributed by atoms with van der Waals surface area (Å²) in [6.07, 6.45) is 1.69. The zero-order valence-corrected chi connectivity index (χ0v) is 10.5. The van der Waals surface area contributed by atoms with Crippen LogP contribution < -0.4 is 4.74 Å². The molecule has 0 amide bonds. The normalized spacial score (nSPS) is 10.7. The van der Waals surface area contributed by atoms with E-state index < -0.39 is 0 Å². The van der Waals surface area contributed by atoms with Crippen LogP contribution >= 0.6 is 11.3 Å². The Hall–Kier alpha value is -1.81. The van der Waals surface area contributed by atoms with E-state index in [9.17, 15) is 0 Å². The topological polar surface area (TPSA) is 30.8 Å². The van der Waals surface area contributed by atoms with Crippen LogP contribution in [0.1, 0.15) is 5.56 Å². The molecule has 1 heterocycles. The van der Waals surface area contributed by atoms with Gasteiger partial charge in [-0.1, -0.05) is 11.2 Å². The molecule has 17 heavy (non-hydrogen) atoms. The highest BCUT2D eigenvalue weighted by atomic mass is 32.1. The van der Waals surface area contributed by atoms with Crippen molar-refractivity contribution in [1.82, 2.24) is 0 Å². The van der Waals surface area contributed by atoms with E-state index in [1.54, 1.807) is 24.7 Å².